The number of hydrogen-bond acceptors (Lipinski definition) is 6. The number of halogens is 3. The van der Waals surface area contributed by atoms with E-state index >= 15 is 0 Å². The number of carbonyl (C=O) groups is 1. The summed E-state index contributed by atoms with van der Waals surface area (Å²) in [4.78, 5) is 26.8. The summed E-state index contributed by atoms with van der Waals surface area (Å²) < 4.78 is 46.3. The average Bonchev–Trinajstić information content (AvgIpc) is 2.95. The minimum atomic E-state index is -4.60. The highest BCUT2D eigenvalue weighted by molar-refractivity contribution is 5.93. The molecule has 0 fully saturated rings. The van der Waals surface area contributed by atoms with Crippen LogP contribution in [-0.4, -0.2) is 32.7 Å². The minimum absolute atomic E-state index is 0.0624. The zero-order chi connectivity index (χ0) is 22.2. The first kappa shape index (κ1) is 21.0. The van der Waals surface area contributed by atoms with Crippen LogP contribution in [0.25, 0.3) is 11.0 Å². The number of amides is 1. The Hall–Kier alpha value is -3.70. The van der Waals surface area contributed by atoms with Gasteiger partial charge in [0.05, 0.1) is 40.4 Å². The van der Waals surface area contributed by atoms with Gasteiger partial charge in [-0.3, -0.25) is 14.9 Å². The van der Waals surface area contributed by atoms with E-state index in [1.54, 1.807) is 0 Å². The summed E-state index contributed by atoms with van der Waals surface area (Å²) in [6.07, 6.45) is -4.60. The van der Waals surface area contributed by atoms with Gasteiger partial charge in [-0.2, -0.15) is 18.3 Å². The Morgan fingerprint density at radius 3 is 2.60 bits per heavy atom. The second-order valence-corrected chi connectivity index (χ2v) is 6.44. The van der Waals surface area contributed by atoms with Crippen LogP contribution in [0.5, 0.6) is 5.75 Å². The lowest BCUT2D eigenvalue weighted by atomic mass is 10.1. The van der Waals surface area contributed by atoms with E-state index in [0.29, 0.717) is 0 Å². The third-order valence-electron chi connectivity index (χ3n) is 4.27. The van der Waals surface area contributed by atoms with E-state index in [-0.39, 0.29) is 39.5 Å². The highest BCUT2D eigenvalue weighted by Gasteiger charge is 2.35. The van der Waals surface area contributed by atoms with Crippen LogP contribution in [0.2, 0.25) is 0 Å². The van der Waals surface area contributed by atoms with E-state index in [2.05, 4.69) is 15.4 Å². The number of alkyl halides is 3. The summed E-state index contributed by atoms with van der Waals surface area (Å²) in [5, 5.41) is 17.2. The number of non-ortho nitro benzene ring substituents is 1. The molecule has 0 aliphatic rings. The van der Waals surface area contributed by atoms with E-state index in [1.165, 1.54) is 33.1 Å². The van der Waals surface area contributed by atoms with E-state index < -0.39 is 29.1 Å². The Morgan fingerprint density at radius 2 is 2.00 bits per heavy atom. The van der Waals surface area contributed by atoms with Crippen LogP contribution in [0.4, 0.5) is 24.5 Å². The third kappa shape index (κ3) is 4.02. The highest BCUT2D eigenvalue weighted by Crippen LogP contribution is 2.36. The maximum atomic E-state index is 13.4. The molecule has 0 aliphatic carbocycles. The Kier molecular flexibility index (Phi) is 5.33. The number of rotatable bonds is 5. The van der Waals surface area contributed by atoms with Crippen molar-refractivity contribution in [1.29, 1.82) is 0 Å². The predicted octanol–water partition coefficient (Wildman–Crippen LogP) is 3.62. The zero-order valence-corrected chi connectivity index (χ0v) is 16.1. The van der Waals surface area contributed by atoms with Crippen molar-refractivity contribution in [3.05, 3.63) is 51.3 Å². The first-order valence-corrected chi connectivity index (χ1v) is 8.55. The van der Waals surface area contributed by atoms with Crippen molar-refractivity contribution >= 4 is 28.3 Å². The molecule has 1 aromatic carbocycles. The number of nitro groups is 1. The number of benzene rings is 1. The molecule has 0 bridgehead atoms. The van der Waals surface area contributed by atoms with Crippen LogP contribution in [-0.2, 0) is 17.5 Å². The molecule has 2 heterocycles. The number of nitro benzene ring substituents is 1. The van der Waals surface area contributed by atoms with Crippen LogP contribution < -0.4 is 10.1 Å². The Labute approximate surface area is 167 Å². The van der Waals surface area contributed by atoms with Crippen LogP contribution >= 0.6 is 0 Å². The molecule has 0 atom stereocenters. The van der Waals surface area contributed by atoms with E-state index in [0.717, 1.165) is 16.8 Å². The molecule has 3 rings (SSSR count). The Morgan fingerprint density at radius 1 is 1.30 bits per heavy atom. The van der Waals surface area contributed by atoms with Gasteiger partial charge in [0.15, 0.2) is 5.65 Å². The molecule has 0 saturated heterocycles. The number of methoxy groups -OCH3 is 1. The monoisotopic (exact) mass is 423 g/mol. The number of aromatic nitrogens is 3. The molecular weight excluding hydrogens is 407 g/mol. The van der Waals surface area contributed by atoms with E-state index in [1.807, 2.05) is 0 Å². The molecule has 0 unspecified atom stereocenters. The summed E-state index contributed by atoms with van der Waals surface area (Å²) in [7, 11) is 1.28. The number of nitrogens with zero attached hydrogens (tertiary/aromatic N) is 4. The number of carbonyl (C=O) groups excluding carboxylic acids is 1. The fourth-order valence-electron chi connectivity index (χ4n) is 3.03. The molecule has 0 radical (unpaired) electrons. The average molecular weight is 423 g/mol. The Bertz CT molecular complexity index is 1160. The molecule has 2 aromatic heterocycles. The summed E-state index contributed by atoms with van der Waals surface area (Å²) >= 11 is 0. The topological polar surface area (TPSA) is 112 Å². The smallest absolute Gasteiger partial charge is 0.417 e. The van der Waals surface area contributed by atoms with E-state index in [4.69, 9.17) is 4.74 Å². The van der Waals surface area contributed by atoms with Crippen LogP contribution in [0.1, 0.15) is 17.0 Å². The number of hydrogen-bond donors (Lipinski definition) is 1. The second kappa shape index (κ2) is 7.61. The SMILES string of the molecule is COc1cc([N+](=O)[O-])ccc1NC(=O)Cn1nc(C)c2c(C(F)(F)F)cc(C)nc21. The molecule has 0 aliphatic heterocycles. The highest BCUT2D eigenvalue weighted by atomic mass is 19.4. The largest absolute Gasteiger partial charge is 0.494 e. The summed E-state index contributed by atoms with van der Waals surface area (Å²) in [5.74, 6) is -0.559. The van der Waals surface area contributed by atoms with Crippen LogP contribution in [0.15, 0.2) is 24.3 Å². The first-order chi connectivity index (χ1) is 14.0. The molecule has 0 spiro atoms. The number of pyridine rings is 1. The fourth-order valence-corrected chi connectivity index (χ4v) is 3.03. The number of anilines is 1. The molecule has 30 heavy (non-hydrogen) atoms. The fraction of sp³-hybridized carbons (Fsp3) is 0.278. The summed E-state index contributed by atoms with van der Waals surface area (Å²) in [5.41, 5.74) is -0.768. The van der Waals surface area contributed by atoms with Crippen molar-refractivity contribution < 1.29 is 27.6 Å². The predicted molar refractivity (Wildman–Crippen MR) is 100 cm³/mol. The molecule has 1 amide bonds. The van der Waals surface area contributed by atoms with Gasteiger partial charge in [-0.05, 0) is 26.0 Å². The van der Waals surface area contributed by atoms with Crippen molar-refractivity contribution in [3.63, 3.8) is 0 Å². The number of fused-ring (bicyclic) bond motifs is 1. The second-order valence-electron chi connectivity index (χ2n) is 6.44. The molecule has 12 heteroatoms. The summed E-state index contributed by atoms with van der Waals surface area (Å²) in [6, 6.07) is 4.56. The number of aryl methyl sites for hydroxylation is 2. The van der Waals surface area contributed by atoms with Crippen molar-refractivity contribution in [2.24, 2.45) is 0 Å². The van der Waals surface area contributed by atoms with Crippen LogP contribution in [0, 0.1) is 24.0 Å². The standard InChI is InChI=1S/C18H16F3N5O4/c1-9-6-12(18(19,20)21)16-10(2)24-25(17(16)22-9)8-15(27)23-13-5-4-11(26(28)29)7-14(13)30-3/h4-7H,8H2,1-3H3,(H,23,27). The van der Waals surface area contributed by atoms with Crippen molar-refractivity contribution in [3.8, 4) is 5.75 Å². The van der Waals surface area contributed by atoms with Crippen LogP contribution in [0.3, 0.4) is 0 Å². The molecule has 158 valence electrons. The first-order valence-electron chi connectivity index (χ1n) is 8.55. The van der Waals surface area contributed by atoms with Crippen molar-refractivity contribution in [1.82, 2.24) is 14.8 Å². The molecule has 1 N–H and O–H groups in total. The third-order valence-corrected chi connectivity index (χ3v) is 4.27. The quantitative estimate of drug-likeness (QED) is 0.496. The maximum absolute atomic E-state index is 13.4. The molecule has 9 nitrogen and oxygen atoms in total. The van der Waals surface area contributed by atoms with Crippen molar-refractivity contribution in [2.75, 3.05) is 12.4 Å². The lowest BCUT2D eigenvalue weighted by molar-refractivity contribution is -0.384. The van der Waals surface area contributed by atoms with Gasteiger partial charge >= 0.3 is 6.18 Å². The minimum Gasteiger partial charge on any atom is -0.494 e. The van der Waals surface area contributed by atoms with Gasteiger partial charge in [0.2, 0.25) is 5.91 Å². The molecule has 3 aromatic rings. The Balaban J connectivity index is 1.93. The van der Waals surface area contributed by atoms with Gasteiger partial charge in [0.25, 0.3) is 5.69 Å². The number of nitrogens with one attached hydrogen (secondary N) is 1. The zero-order valence-electron chi connectivity index (χ0n) is 16.1. The lowest BCUT2D eigenvalue weighted by Gasteiger charge is -2.11. The van der Waals surface area contributed by atoms with Gasteiger partial charge in [0.1, 0.15) is 12.3 Å². The maximum Gasteiger partial charge on any atom is 0.417 e. The number of ether oxygens (including phenoxy) is 1. The van der Waals surface area contributed by atoms with Gasteiger partial charge < -0.3 is 10.1 Å². The lowest BCUT2D eigenvalue weighted by Crippen LogP contribution is -2.20. The normalized spacial score (nSPS) is 11.5. The van der Waals surface area contributed by atoms with Gasteiger partial charge in [0, 0.05) is 11.8 Å². The van der Waals surface area contributed by atoms with E-state index in [9.17, 15) is 28.1 Å². The van der Waals surface area contributed by atoms with Gasteiger partial charge in [-0.25, -0.2) is 9.67 Å². The molecule has 0 saturated carbocycles. The van der Waals surface area contributed by atoms with Crippen molar-refractivity contribution in [2.45, 2.75) is 26.6 Å². The molecular formula is C18H16F3N5O4. The summed E-state index contributed by atoms with van der Waals surface area (Å²) in [6.45, 7) is 2.41. The van der Waals surface area contributed by atoms with Gasteiger partial charge in [-0.1, -0.05) is 0 Å². The van der Waals surface area contributed by atoms with Gasteiger partial charge in [-0.15, -0.1) is 0 Å².